The van der Waals surface area contributed by atoms with Gasteiger partial charge in [0.25, 0.3) is 0 Å². The number of carbonyl (C=O) groups is 2. The maximum absolute atomic E-state index is 11.9. The standard InChI is InChI=1S/C12H17N3O4/c1-6-14-7(19-15-6)4-5-13-10(16)8-9(11(17)18)12(8,2)3/h8-9H,4-5H2,1-3H3,(H,13,16)(H,17,18). The van der Waals surface area contributed by atoms with Crippen LogP contribution < -0.4 is 5.32 Å². The summed E-state index contributed by atoms with van der Waals surface area (Å²) in [6, 6.07) is 0. The molecule has 2 unspecified atom stereocenters. The Balaban J connectivity index is 1.81. The molecule has 2 N–H and O–H groups in total. The van der Waals surface area contributed by atoms with E-state index in [-0.39, 0.29) is 5.91 Å². The van der Waals surface area contributed by atoms with Gasteiger partial charge >= 0.3 is 5.97 Å². The van der Waals surface area contributed by atoms with Crippen LogP contribution in [0.1, 0.15) is 25.6 Å². The van der Waals surface area contributed by atoms with E-state index < -0.39 is 23.2 Å². The smallest absolute Gasteiger partial charge is 0.307 e. The number of carboxylic acid groups (broad SMARTS) is 1. The van der Waals surface area contributed by atoms with Crippen molar-refractivity contribution in [3.8, 4) is 0 Å². The average molecular weight is 267 g/mol. The minimum atomic E-state index is -0.919. The second-order valence-electron chi connectivity index (χ2n) is 5.39. The molecule has 1 saturated carbocycles. The molecular formula is C12H17N3O4. The number of aromatic nitrogens is 2. The first kappa shape index (κ1) is 13.5. The van der Waals surface area contributed by atoms with E-state index in [2.05, 4.69) is 15.5 Å². The molecule has 1 aliphatic carbocycles. The largest absolute Gasteiger partial charge is 0.481 e. The van der Waals surface area contributed by atoms with Crippen molar-refractivity contribution in [1.82, 2.24) is 15.5 Å². The number of carbonyl (C=O) groups excluding carboxylic acids is 1. The number of hydrogen-bond acceptors (Lipinski definition) is 5. The molecule has 2 rings (SSSR count). The molecule has 1 amide bonds. The molecule has 0 aromatic carbocycles. The first-order valence-corrected chi connectivity index (χ1v) is 6.13. The number of nitrogens with zero attached hydrogens (tertiary/aromatic N) is 2. The van der Waals surface area contributed by atoms with Crippen molar-refractivity contribution in [3.63, 3.8) is 0 Å². The van der Waals surface area contributed by atoms with E-state index in [9.17, 15) is 9.59 Å². The Kier molecular flexibility index (Phi) is 3.30. The summed E-state index contributed by atoms with van der Waals surface area (Å²) in [6.07, 6.45) is 0.442. The van der Waals surface area contributed by atoms with E-state index in [1.807, 2.05) is 0 Å². The van der Waals surface area contributed by atoms with Gasteiger partial charge in [-0.15, -0.1) is 0 Å². The number of nitrogens with one attached hydrogen (secondary N) is 1. The van der Waals surface area contributed by atoms with E-state index in [0.717, 1.165) is 0 Å². The zero-order valence-corrected chi connectivity index (χ0v) is 11.1. The number of amides is 1. The number of aryl methyl sites for hydroxylation is 1. The predicted octanol–water partition coefficient (Wildman–Crippen LogP) is 0.394. The van der Waals surface area contributed by atoms with E-state index in [1.54, 1.807) is 20.8 Å². The van der Waals surface area contributed by atoms with Crippen molar-refractivity contribution in [3.05, 3.63) is 11.7 Å². The van der Waals surface area contributed by atoms with E-state index in [4.69, 9.17) is 9.63 Å². The highest BCUT2D eigenvalue weighted by Crippen LogP contribution is 2.58. The summed E-state index contributed by atoms with van der Waals surface area (Å²) >= 11 is 0. The molecule has 0 bridgehead atoms. The summed E-state index contributed by atoms with van der Waals surface area (Å²) < 4.78 is 4.92. The Morgan fingerprint density at radius 1 is 1.42 bits per heavy atom. The topological polar surface area (TPSA) is 105 Å². The molecule has 0 radical (unpaired) electrons. The van der Waals surface area contributed by atoms with Crippen LogP contribution in [0, 0.1) is 24.2 Å². The fourth-order valence-electron chi connectivity index (χ4n) is 2.43. The molecule has 1 fully saturated rings. The molecule has 7 heteroatoms. The molecule has 1 aromatic heterocycles. The first-order valence-electron chi connectivity index (χ1n) is 6.13. The fourth-order valence-corrected chi connectivity index (χ4v) is 2.43. The van der Waals surface area contributed by atoms with E-state index >= 15 is 0 Å². The molecular weight excluding hydrogens is 250 g/mol. The van der Waals surface area contributed by atoms with Crippen LogP contribution in [0.5, 0.6) is 0 Å². The summed E-state index contributed by atoms with van der Waals surface area (Å²) in [5, 5.41) is 15.4. The maximum Gasteiger partial charge on any atom is 0.307 e. The number of rotatable bonds is 5. The molecule has 19 heavy (non-hydrogen) atoms. The zero-order valence-electron chi connectivity index (χ0n) is 11.1. The predicted molar refractivity (Wildman–Crippen MR) is 64.1 cm³/mol. The quantitative estimate of drug-likeness (QED) is 0.799. The summed E-state index contributed by atoms with van der Waals surface area (Å²) in [6.45, 7) is 5.66. The molecule has 104 valence electrons. The lowest BCUT2D eigenvalue weighted by Gasteiger charge is -2.04. The van der Waals surface area contributed by atoms with Gasteiger partial charge in [-0.2, -0.15) is 4.98 Å². The molecule has 7 nitrogen and oxygen atoms in total. The van der Waals surface area contributed by atoms with Crippen molar-refractivity contribution in [1.29, 1.82) is 0 Å². The van der Waals surface area contributed by atoms with Crippen molar-refractivity contribution in [2.45, 2.75) is 27.2 Å². The van der Waals surface area contributed by atoms with Gasteiger partial charge in [0.05, 0.1) is 11.8 Å². The Morgan fingerprint density at radius 2 is 2.11 bits per heavy atom. The zero-order chi connectivity index (χ0) is 14.2. The molecule has 0 spiro atoms. The maximum atomic E-state index is 11.9. The van der Waals surface area contributed by atoms with Crippen LogP contribution in [0.2, 0.25) is 0 Å². The third-order valence-electron chi connectivity index (χ3n) is 3.58. The molecule has 0 saturated heterocycles. The Morgan fingerprint density at radius 3 is 2.58 bits per heavy atom. The van der Waals surface area contributed by atoms with Crippen LogP contribution in [0.4, 0.5) is 0 Å². The van der Waals surface area contributed by atoms with Crippen LogP contribution in [0.15, 0.2) is 4.52 Å². The van der Waals surface area contributed by atoms with E-state index in [1.165, 1.54) is 0 Å². The van der Waals surface area contributed by atoms with Crippen molar-refractivity contribution < 1.29 is 19.2 Å². The van der Waals surface area contributed by atoms with Gasteiger partial charge in [0, 0.05) is 13.0 Å². The normalized spacial score (nSPS) is 23.9. The molecule has 1 aliphatic rings. The average Bonchev–Trinajstić information content (AvgIpc) is 2.65. The highest BCUT2D eigenvalue weighted by molar-refractivity contribution is 5.91. The second-order valence-corrected chi connectivity index (χ2v) is 5.39. The molecule has 1 aromatic rings. The van der Waals surface area contributed by atoms with Gasteiger partial charge in [-0.25, -0.2) is 0 Å². The van der Waals surface area contributed by atoms with Crippen LogP contribution in [0.3, 0.4) is 0 Å². The van der Waals surface area contributed by atoms with Gasteiger partial charge in [0.15, 0.2) is 5.82 Å². The third-order valence-corrected chi connectivity index (χ3v) is 3.58. The van der Waals surface area contributed by atoms with E-state index in [0.29, 0.717) is 24.7 Å². The van der Waals surface area contributed by atoms with Crippen LogP contribution in [-0.4, -0.2) is 33.7 Å². The highest BCUT2D eigenvalue weighted by Gasteiger charge is 2.65. The lowest BCUT2D eigenvalue weighted by atomic mass is 10.1. The lowest BCUT2D eigenvalue weighted by molar-refractivity contribution is -0.140. The van der Waals surface area contributed by atoms with Gasteiger partial charge in [-0.3, -0.25) is 9.59 Å². The summed E-state index contributed by atoms with van der Waals surface area (Å²) in [7, 11) is 0. The Labute approximate surface area is 110 Å². The minimum Gasteiger partial charge on any atom is -0.481 e. The van der Waals surface area contributed by atoms with Gasteiger partial charge in [0.2, 0.25) is 11.8 Å². The number of aliphatic carboxylic acids is 1. The van der Waals surface area contributed by atoms with Gasteiger partial charge in [-0.1, -0.05) is 19.0 Å². The van der Waals surface area contributed by atoms with Crippen molar-refractivity contribution in [2.24, 2.45) is 17.3 Å². The minimum absolute atomic E-state index is 0.228. The summed E-state index contributed by atoms with van der Waals surface area (Å²) in [5.41, 5.74) is -0.475. The fraction of sp³-hybridized carbons (Fsp3) is 0.667. The Hall–Kier alpha value is -1.92. The lowest BCUT2D eigenvalue weighted by Crippen LogP contribution is -2.29. The third kappa shape index (κ3) is 2.59. The highest BCUT2D eigenvalue weighted by atomic mass is 16.5. The summed E-state index contributed by atoms with van der Waals surface area (Å²) in [5.74, 6) is -1.20. The first-order chi connectivity index (χ1) is 8.84. The number of carboxylic acids is 1. The SMILES string of the molecule is Cc1noc(CCNC(=O)C2C(C(=O)O)C2(C)C)n1. The van der Waals surface area contributed by atoms with Crippen LogP contribution >= 0.6 is 0 Å². The van der Waals surface area contributed by atoms with Crippen LogP contribution in [0.25, 0.3) is 0 Å². The molecule has 1 heterocycles. The van der Waals surface area contributed by atoms with Crippen LogP contribution in [-0.2, 0) is 16.0 Å². The molecule has 2 atom stereocenters. The summed E-state index contributed by atoms with van der Waals surface area (Å²) in [4.78, 5) is 26.9. The van der Waals surface area contributed by atoms with Crippen molar-refractivity contribution in [2.75, 3.05) is 6.54 Å². The molecule has 0 aliphatic heterocycles. The number of hydrogen-bond donors (Lipinski definition) is 2. The van der Waals surface area contributed by atoms with Crippen molar-refractivity contribution >= 4 is 11.9 Å². The monoisotopic (exact) mass is 267 g/mol. The second kappa shape index (κ2) is 4.64. The van der Waals surface area contributed by atoms with Gasteiger partial charge in [0.1, 0.15) is 0 Å². The van der Waals surface area contributed by atoms with Gasteiger partial charge < -0.3 is 14.9 Å². The van der Waals surface area contributed by atoms with Gasteiger partial charge in [-0.05, 0) is 12.3 Å². The Bertz CT molecular complexity index is 509.